The highest BCUT2D eigenvalue weighted by molar-refractivity contribution is 6.30. The molecule has 6 heteroatoms. The topological polar surface area (TPSA) is 64.1 Å². The van der Waals surface area contributed by atoms with Crippen LogP contribution in [0.4, 0.5) is 0 Å². The number of nitrogens with one attached hydrogen (secondary N) is 1. The molecule has 2 heterocycles. The van der Waals surface area contributed by atoms with Crippen LogP contribution in [-0.2, 0) is 13.0 Å². The molecule has 0 bridgehead atoms. The van der Waals surface area contributed by atoms with Crippen LogP contribution in [0.2, 0.25) is 5.22 Å². The highest BCUT2D eigenvalue weighted by atomic mass is 35.5. The van der Waals surface area contributed by atoms with E-state index >= 15 is 0 Å². The molecule has 0 saturated carbocycles. The van der Waals surface area contributed by atoms with E-state index in [-0.39, 0.29) is 0 Å². The predicted molar refractivity (Wildman–Crippen MR) is 70.9 cm³/mol. The lowest BCUT2D eigenvalue weighted by molar-refractivity contribution is 0.375. The van der Waals surface area contributed by atoms with E-state index in [9.17, 15) is 0 Å². The largest absolute Gasteiger partial charge is 0.444 e. The highest BCUT2D eigenvalue weighted by Crippen LogP contribution is 2.29. The minimum atomic E-state index is 0.437. The molecule has 3 aromatic rings. The van der Waals surface area contributed by atoms with E-state index in [2.05, 4.69) is 15.5 Å². The summed E-state index contributed by atoms with van der Waals surface area (Å²) in [4.78, 5) is 3.96. The first kappa shape index (κ1) is 12.2. The number of nitrogens with zero attached hydrogens (tertiary/aromatic N) is 2. The zero-order chi connectivity index (χ0) is 13.1. The molecule has 0 aliphatic heterocycles. The molecule has 0 atom stereocenters. The predicted octanol–water partition coefficient (Wildman–Crippen LogP) is 2.80. The molecule has 19 heavy (non-hydrogen) atoms. The monoisotopic (exact) mass is 277 g/mol. The number of aromatic nitrogens is 2. The van der Waals surface area contributed by atoms with Crippen LogP contribution in [0, 0.1) is 0 Å². The third kappa shape index (κ3) is 2.62. The van der Waals surface area contributed by atoms with Crippen molar-refractivity contribution in [2.75, 3.05) is 6.54 Å². The van der Waals surface area contributed by atoms with Crippen LogP contribution < -0.4 is 5.32 Å². The Morgan fingerprint density at radius 3 is 3.00 bits per heavy atom. The van der Waals surface area contributed by atoms with Crippen molar-refractivity contribution >= 4 is 22.6 Å². The van der Waals surface area contributed by atoms with Crippen molar-refractivity contribution in [2.24, 2.45) is 0 Å². The first-order chi connectivity index (χ1) is 9.34. The summed E-state index contributed by atoms with van der Waals surface area (Å²) < 4.78 is 10.4. The number of para-hydroxylation sites is 1. The van der Waals surface area contributed by atoms with Gasteiger partial charge in [0.1, 0.15) is 5.58 Å². The Labute approximate surface area is 114 Å². The van der Waals surface area contributed by atoms with E-state index in [0.717, 1.165) is 23.1 Å². The first-order valence-electron chi connectivity index (χ1n) is 5.97. The lowest BCUT2D eigenvalue weighted by atomic mass is 10.2. The van der Waals surface area contributed by atoms with Crippen molar-refractivity contribution in [3.8, 4) is 0 Å². The summed E-state index contributed by atoms with van der Waals surface area (Å²) in [6.45, 7) is 1.38. The zero-order valence-corrected chi connectivity index (χ0v) is 10.9. The highest BCUT2D eigenvalue weighted by Gasteiger charge is 2.11. The van der Waals surface area contributed by atoms with E-state index in [4.69, 9.17) is 20.5 Å². The number of rotatable bonds is 5. The Kier molecular flexibility index (Phi) is 3.48. The molecule has 0 amide bonds. The molecule has 3 rings (SSSR count). The van der Waals surface area contributed by atoms with Gasteiger partial charge in [-0.25, -0.2) is 0 Å². The van der Waals surface area contributed by atoms with Crippen LogP contribution in [-0.4, -0.2) is 16.7 Å². The molecule has 0 aliphatic rings. The second-order valence-electron chi connectivity index (χ2n) is 4.11. The fraction of sp³-hybridized carbons (Fsp3) is 0.231. The summed E-state index contributed by atoms with van der Waals surface area (Å²) in [6, 6.07) is 7.80. The minimum Gasteiger partial charge on any atom is -0.444 e. The van der Waals surface area contributed by atoms with E-state index < -0.39 is 0 Å². The lowest BCUT2D eigenvalue weighted by Gasteiger charge is -2.01. The lowest BCUT2D eigenvalue weighted by Crippen LogP contribution is -2.16. The third-order valence-corrected chi connectivity index (χ3v) is 3.18. The van der Waals surface area contributed by atoms with Gasteiger partial charge in [-0.1, -0.05) is 23.4 Å². The fourth-order valence-corrected chi connectivity index (χ4v) is 2.20. The molecule has 98 valence electrons. The van der Waals surface area contributed by atoms with Crippen molar-refractivity contribution in [2.45, 2.75) is 13.0 Å². The van der Waals surface area contributed by atoms with Gasteiger partial charge >= 0.3 is 0 Å². The standard InChI is InChI=1S/C13H12ClN3O2/c14-13-10(9-3-1-2-4-11(9)18-13)7-15-6-5-12-16-8-17-19-12/h1-4,8,15H,5-7H2. The Hall–Kier alpha value is -1.85. The SMILES string of the molecule is Clc1oc2ccccc2c1CNCCc1ncno1. The fourth-order valence-electron chi connectivity index (χ4n) is 1.95. The summed E-state index contributed by atoms with van der Waals surface area (Å²) in [7, 11) is 0. The minimum absolute atomic E-state index is 0.437. The van der Waals surface area contributed by atoms with Gasteiger partial charge < -0.3 is 14.3 Å². The van der Waals surface area contributed by atoms with Gasteiger partial charge in [0.25, 0.3) is 0 Å². The maximum absolute atomic E-state index is 6.10. The molecule has 0 spiro atoms. The van der Waals surface area contributed by atoms with E-state index in [1.165, 1.54) is 6.33 Å². The van der Waals surface area contributed by atoms with Crippen LogP contribution in [0.5, 0.6) is 0 Å². The number of fused-ring (bicyclic) bond motifs is 1. The molecule has 2 aromatic heterocycles. The van der Waals surface area contributed by atoms with Crippen molar-refractivity contribution in [3.05, 3.63) is 47.3 Å². The number of halogens is 1. The van der Waals surface area contributed by atoms with E-state index in [1.54, 1.807) is 0 Å². The van der Waals surface area contributed by atoms with Gasteiger partial charge in [0.05, 0.1) is 0 Å². The van der Waals surface area contributed by atoms with Crippen molar-refractivity contribution < 1.29 is 8.94 Å². The van der Waals surface area contributed by atoms with E-state index in [1.807, 2.05) is 24.3 Å². The van der Waals surface area contributed by atoms with Crippen LogP contribution in [0.25, 0.3) is 11.0 Å². The number of hydrogen-bond acceptors (Lipinski definition) is 5. The normalized spacial score (nSPS) is 11.2. The molecule has 0 fully saturated rings. The van der Waals surface area contributed by atoms with Gasteiger partial charge in [0.2, 0.25) is 5.89 Å². The Balaban J connectivity index is 1.63. The van der Waals surface area contributed by atoms with Gasteiger partial charge in [-0.2, -0.15) is 4.98 Å². The Bertz CT molecular complexity index is 664. The van der Waals surface area contributed by atoms with Crippen LogP contribution in [0.15, 0.2) is 39.5 Å². The maximum Gasteiger partial charge on any atom is 0.227 e. The molecule has 0 aliphatic carbocycles. The van der Waals surface area contributed by atoms with Crippen LogP contribution in [0.3, 0.4) is 0 Å². The summed E-state index contributed by atoms with van der Waals surface area (Å²) in [5.41, 5.74) is 1.78. The summed E-state index contributed by atoms with van der Waals surface area (Å²) in [5, 5.41) is 8.32. The Morgan fingerprint density at radius 1 is 1.26 bits per heavy atom. The maximum atomic E-state index is 6.10. The second kappa shape index (κ2) is 5.42. The number of benzene rings is 1. The number of hydrogen-bond donors (Lipinski definition) is 1. The summed E-state index contributed by atoms with van der Waals surface area (Å²) >= 11 is 6.10. The van der Waals surface area contributed by atoms with Crippen molar-refractivity contribution in [1.29, 1.82) is 0 Å². The molecular formula is C13H12ClN3O2. The van der Waals surface area contributed by atoms with Gasteiger partial charge in [-0.15, -0.1) is 0 Å². The molecule has 0 radical (unpaired) electrons. The van der Waals surface area contributed by atoms with Crippen LogP contribution >= 0.6 is 11.6 Å². The summed E-state index contributed by atoms with van der Waals surface area (Å²) in [5.74, 6) is 0.621. The Morgan fingerprint density at radius 2 is 2.16 bits per heavy atom. The zero-order valence-electron chi connectivity index (χ0n) is 10.1. The average Bonchev–Trinajstić information content (AvgIpc) is 3.02. The van der Waals surface area contributed by atoms with E-state index in [0.29, 0.717) is 24.1 Å². The quantitative estimate of drug-likeness (QED) is 0.727. The molecule has 0 unspecified atom stereocenters. The van der Waals surface area contributed by atoms with Crippen molar-refractivity contribution in [3.63, 3.8) is 0 Å². The van der Waals surface area contributed by atoms with Gasteiger partial charge in [0, 0.05) is 30.5 Å². The first-order valence-corrected chi connectivity index (χ1v) is 6.34. The number of furan rings is 1. The van der Waals surface area contributed by atoms with Gasteiger partial charge in [-0.05, 0) is 17.7 Å². The van der Waals surface area contributed by atoms with Gasteiger partial charge in [-0.3, -0.25) is 0 Å². The summed E-state index contributed by atoms with van der Waals surface area (Å²) in [6.07, 6.45) is 2.09. The second-order valence-corrected chi connectivity index (χ2v) is 4.46. The average molecular weight is 278 g/mol. The molecular weight excluding hydrogens is 266 g/mol. The molecule has 1 N–H and O–H groups in total. The molecule has 1 aromatic carbocycles. The van der Waals surface area contributed by atoms with Crippen molar-refractivity contribution in [1.82, 2.24) is 15.5 Å². The van der Waals surface area contributed by atoms with Gasteiger partial charge in [0.15, 0.2) is 11.5 Å². The molecule has 5 nitrogen and oxygen atoms in total. The smallest absolute Gasteiger partial charge is 0.227 e. The third-order valence-electron chi connectivity index (χ3n) is 2.87. The van der Waals surface area contributed by atoms with Crippen LogP contribution in [0.1, 0.15) is 11.5 Å². The molecule has 0 saturated heterocycles.